The molecule has 134 valence electrons. The first-order chi connectivity index (χ1) is 10.7. The third-order valence-corrected chi connectivity index (χ3v) is 3.38. The van der Waals surface area contributed by atoms with Crippen molar-refractivity contribution in [3.8, 4) is 0 Å². The number of thioether (sulfide) groups is 1. The predicted octanol–water partition coefficient (Wildman–Crippen LogP) is 2.00. The fourth-order valence-corrected chi connectivity index (χ4v) is 2.16. The van der Waals surface area contributed by atoms with E-state index in [1.54, 1.807) is 32.5 Å². The highest BCUT2D eigenvalue weighted by molar-refractivity contribution is 7.98. The molecule has 0 aromatic carbocycles. The van der Waals surface area contributed by atoms with Gasteiger partial charge < -0.3 is 20.5 Å². The van der Waals surface area contributed by atoms with Crippen molar-refractivity contribution in [2.24, 2.45) is 0 Å². The summed E-state index contributed by atoms with van der Waals surface area (Å²) in [5, 5.41) is 13.9. The van der Waals surface area contributed by atoms with E-state index in [-0.39, 0.29) is 12.3 Å². The van der Waals surface area contributed by atoms with Crippen molar-refractivity contribution in [1.82, 2.24) is 10.6 Å². The van der Waals surface area contributed by atoms with Gasteiger partial charge in [0.1, 0.15) is 11.6 Å². The SMILES string of the molecule is CSCCC(NC(=O)OC(C)(C)C)C(=O)NCCCCC(=O)O. The van der Waals surface area contributed by atoms with Gasteiger partial charge >= 0.3 is 12.1 Å². The topological polar surface area (TPSA) is 105 Å². The lowest BCUT2D eigenvalue weighted by Gasteiger charge is -2.23. The molecule has 2 amide bonds. The Hall–Kier alpha value is -1.44. The summed E-state index contributed by atoms with van der Waals surface area (Å²) in [6.07, 6.45) is 2.98. The average molecular weight is 348 g/mol. The smallest absolute Gasteiger partial charge is 0.408 e. The maximum atomic E-state index is 12.1. The van der Waals surface area contributed by atoms with Crippen LogP contribution in [0, 0.1) is 0 Å². The van der Waals surface area contributed by atoms with E-state index in [9.17, 15) is 14.4 Å². The summed E-state index contributed by atoms with van der Waals surface area (Å²) in [6.45, 7) is 5.65. The zero-order valence-electron chi connectivity index (χ0n) is 14.3. The highest BCUT2D eigenvalue weighted by Gasteiger charge is 2.23. The van der Waals surface area contributed by atoms with Gasteiger partial charge in [-0.15, -0.1) is 0 Å². The number of rotatable bonds is 10. The third kappa shape index (κ3) is 12.8. The molecule has 0 fully saturated rings. The molecule has 0 saturated carbocycles. The zero-order chi connectivity index (χ0) is 17.9. The monoisotopic (exact) mass is 348 g/mol. The van der Waals surface area contributed by atoms with E-state index in [2.05, 4.69) is 10.6 Å². The Labute approximate surface area is 141 Å². The summed E-state index contributed by atoms with van der Waals surface area (Å²) in [6, 6.07) is -0.656. The minimum absolute atomic E-state index is 0.0853. The maximum Gasteiger partial charge on any atom is 0.408 e. The highest BCUT2D eigenvalue weighted by Crippen LogP contribution is 2.08. The van der Waals surface area contributed by atoms with Crippen LogP contribution in [0.3, 0.4) is 0 Å². The molecule has 0 aromatic heterocycles. The summed E-state index contributed by atoms with van der Waals surface area (Å²) < 4.78 is 5.17. The van der Waals surface area contributed by atoms with Gasteiger partial charge in [0.15, 0.2) is 0 Å². The summed E-state index contributed by atoms with van der Waals surface area (Å²) in [5.74, 6) is -0.395. The van der Waals surface area contributed by atoms with Gasteiger partial charge in [0.05, 0.1) is 0 Å². The molecule has 0 saturated heterocycles. The number of hydrogen-bond donors (Lipinski definition) is 3. The van der Waals surface area contributed by atoms with Crippen LogP contribution in [0.2, 0.25) is 0 Å². The molecule has 0 aliphatic carbocycles. The summed E-state index contributed by atoms with van der Waals surface area (Å²) >= 11 is 1.59. The quantitative estimate of drug-likeness (QED) is 0.522. The number of carbonyl (C=O) groups is 3. The van der Waals surface area contributed by atoms with E-state index in [1.807, 2.05) is 6.26 Å². The zero-order valence-corrected chi connectivity index (χ0v) is 15.1. The first-order valence-electron chi connectivity index (χ1n) is 7.63. The predicted molar refractivity (Wildman–Crippen MR) is 90.7 cm³/mol. The third-order valence-electron chi connectivity index (χ3n) is 2.73. The second-order valence-electron chi connectivity index (χ2n) is 6.12. The van der Waals surface area contributed by atoms with Gasteiger partial charge in [-0.05, 0) is 52.0 Å². The number of unbranched alkanes of at least 4 members (excludes halogenated alkanes) is 1. The average Bonchev–Trinajstić information content (AvgIpc) is 2.40. The number of aliphatic carboxylic acids is 1. The molecule has 1 atom stereocenters. The van der Waals surface area contributed by atoms with Crippen molar-refractivity contribution in [3.63, 3.8) is 0 Å². The van der Waals surface area contributed by atoms with Crippen LogP contribution in [0.4, 0.5) is 4.79 Å². The van der Waals surface area contributed by atoms with Crippen molar-refractivity contribution in [3.05, 3.63) is 0 Å². The molecule has 0 heterocycles. The molecule has 0 spiro atoms. The molecule has 3 N–H and O–H groups in total. The van der Waals surface area contributed by atoms with E-state index in [4.69, 9.17) is 9.84 Å². The number of ether oxygens (including phenoxy) is 1. The van der Waals surface area contributed by atoms with Crippen LogP contribution in [-0.2, 0) is 14.3 Å². The number of alkyl carbamates (subject to hydrolysis) is 1. The fourth-order valence-electron chi connectivity index (χ4n) is 1.69. The van der Waals surface area contributed by atoms with Gasteiger partial charge in [0, 0.05) is 13.0 Å². The molecular formula is C15H28N2O5S. The number of amides is 2. The van der Waals surface area contributed by atoms with E-state index >= 15 is 0 Å². The number of carbonyl (C=O) groups excluding carboxylic acids is 2. The molecule has 0 aliphatic rings. The lowest BCUT2D eigenvalue weighted by Crippen LogP contribution is -2.48. The fraction of sp³-hybridized carbons (Fsp3) is 0.800. The Morgan fingerprint density at radius 1 is 1.22 bits per heavy atom. The summed E-state index contributed by atoms with van der Waals surface area (Å²) in [5.41, 5.74) is -0.624. The van der Waals surface area contributed by atoms with Gasteiger partial charge in [0.2, 0.25) is 5.91 Å². The molecule has 8 heteroatoms. The van der Waals surface area contributed by atoms with E-state index in [1.165, 1.54) is 0 Å². The minimum Gasteiger partial charge on any atom is -0.481 e. The number of carboxylic acids is 1. The lowest BCUT2D eigenvalue weighted by atomic mass is 10.2. The van der Waals surface area contributed by atoms with E-state index in [0.29, 0.717) is 25.8 Å². The normalized spacial score (nSPS) is 12.3. The van der Waals surface area contributed by atoms with Gasteiger partial charge in [-0.1, -0.05) is 0 Å². The second-order valence-corrected chi connectivity index (χ2v) is 7.11. The molecular weight excluding hydrogens is 320 g/mol. The molecule has 0 radical (unpaired) electrons. The Balaban J connectivity index is 4.32. The highest BCUT2D eigenvalue weighted by atomic mass is 32.2. The first-order valence-corrected chi connectivity index (χ1v) is 9.03. The van der Waals surface area contributed by atoms with Crippen molar-refractivity contribution in [2.45, 2.75) is 58.1 Å². The molecule has 0 aliphatic heterocycles. The van der Waals surface area contributed by atoms with Gasteiger partial charge in [0.25, 0.3) is 0 Å². The molecule has 7 nitrogen and oxygen atoms in total. The molecule has 0 rings (SSSR count). The number of carboxylic acid groups (broad SMARTS) is 1. The van der Waals surface area contributed by atoms with Crippen molar-refractivity contribution < 1.29 is 24.2 Å². The van der Waals surface area contributed by atoms with Crippen LogP contribution >= 0.6 is 11.8 Å². The molecule has 0 aromatic rings. The Bertz CT molecular complexity index is 396. The van der Waals surface area contributed by atoms with Crippen molar-refractivity contribution >= 4 is 29.7 Å². The number of hydrogen-bond acceptors (Lipinski definition) is 5. The Morgan fingerprint density at radius 2 is 1.87 bits per heavy atom. The first kappa shape index (κ1) is 21.6. The van der Waals surface area contributed by atoms with Crippen LogP contribution in [0.25, 0.3) is 0 Å². The van der Waals surface area contributed by atoms with Gasteiger partial charge in [-0.25, -0.2) is 4.79 Å². The van der Waals surface area contributed by atoms with Crippen LogP contribution in [0.15, 0.2) is 0 Å². The lowest BCUT2D eigenvalue weighted by molar-refractivity contribution is -0.137. The van der Waals surface area contributed by atoms with Crippen molar-refractivity contribution in [2.75, 3.05) is 18.6 Å². The van der Waals surface area contributed by atoms with Crippen LogP contribution < -0.4 is 10.6 Å². The van der Waals surface area contributed by atoms with Gasteiger partial charge in [-0.2, -0.15) is 11.8 Å². The summed E-state index contributed by atoms with van der Waals surface area (Å²) in [4.78, 5) is 34.3. The largest absolute Gasteiger partial charge is 0.481 e. The maximum absolute atomic E-state index is 12.1. The van der Waals surface area contributed by atoms with E-state index < -0.39 is 23.7 Å². The van der Waals surface area contributed by atoms with Gasteiger partial charge in [-0.3, -0.25) is 9.59 Å². The molecule has 1 unspecified atom stereocenters. The van der Waals surface area contributed by atoms with Crippen molar-refractivity contribution in [1.29, 1.82) is 0 Å². The minimum atomic E-state index is -0.847. The molecule has 23 heavy (non-hydrogen) atoms. The summed E-state index contributed by atoms with van der Waals surface area (Å²) in [7, 11) is 0. The number of nitrogens with one attached hydrogen (secondary N) is 2. The second kappa shape index (κ2) is 11.2. The van der Waals surface area contributed by atoms with Crippen LogP contribution in [-0.4, -0.2) is 53.3 Å². The standard InChI is InChI=1S/C15H28N2O5S/c1-15(2,3)22-14(21)17-11(8-10-23-4)13(20)16-9-6-5-7-12(18)19/h11H,5-10H2,1-4H3,(H,16,20)(H,17,21)(H,18,19). The Morgan fingerprint density at radius 3 is 2.39 bits per heavy atom. The van der Waals surface area contributed by atoms with E-state index in [0.717, 1.165) is 5.75 Å². The van der Waals surface area contributed by atoms with Crippen LogP contribution in [0.5, 0.6) is 0 Å². The molecule has 0 bridgehead atoms. The Kier molecular flexibility index (Phi) is 10.5. The van der Waals surface area contributed by atoms with Crippen LogP contribution in [0.1, 0.15) is 46.5 Å².